The van der Waals surface area contributed by atoms with Crippen molar-refractivity contribution in [3.63, 3.8) is 0 Å². The Morgan fingerprint density at radius 3 is 0.483 bits per heavy atom. The standard InChI is InChI=1S/2C36H30NP2.2C8H12.2C2H3N.2Ir.H4O12P4/c2*1-7-19-31(20-8-1)38(32-21-9-2-10-22-32,33-23-11-3-12-24-33)37-39(34-25-13-4-14-26-34,35-27-15-5-16-28-35)36-29-17-6-18-30-36;2*1-2-4-6-8-7-5-3-1;2*1-2-3;;;1-13(2)9-14(3,4)11-16(7,8)12-15(5,6)10-13/h2*1-30H;2*1-2,7-8H,3-6H2;2*1H3;;;(H,1,2)(H,3,4)(H,5,6)(H,7,8)/q2*+1;;;;;;;/p-4/b;;2*2-1-,8-7-;;;;;. The van der Waals surface area contributed by atoms with E-state index in [4.69, 9.17) is 19.6 Å². The first-order chi connectivity index (χ1) is 56.3. The number of allylic oxidation sites excluding steroid dienone is 8. The molecule has 26 heteroatoms. The number of nitrogens with zero attached hydrogens (tertiary/aromatic N) is 4. The van der Waals surface area contributed by atoms with Gasteiger partial charge in [-0.3, -0.25) is 18.3 Å². The van der Waals surface area contributed by atoms with Crippen LogP contribution in [0.1, 0.15) is 65.2 Å². The van der Waals surface area contributed by atoms with Crippen molar-refractivity contribution in [2.75, 3.05) is 0 Å². The molecule has 0 spiro atoms. The van der Waals surface area contributed by atoms with Crippen molar-refractivity contribution in [1.82, 2.24) is 0 Å². The van der Waals surface area contributed by atoms with Crippen LogP contribution < -0.4 is 83.2 Å². The molecule has 0 bridgehead atoms. The van der Waals surface area contributed by atoms with Crippen LogP contribution in [0.3, 0.4) is 0 Å². The Bertz CT molecular complexity index is 4660. The van der Waals surface area contributed by atoms with Gasteiger partial charge in [0.25, 0.3) is 31.3 Å². The molecule has 118 heavy (non-hydrogen) atoms. The summed E-state index contributed by atoms with van der Waals surface area (Å²) in [7, 11) is -33.5. The maximum absolute atomic E-state index is 10.6. The first-order valence-corrected chi connectivity index (χ1v) is 50.2. The summed E-state index contributed by atoms with van der Waals surface area (Å²) < 4.78 is 67.3. The molecular weight excluding hydrogens is 1990 g/mol. The van der Waals surface area contributed by atoms with E-state index in [2.05, 4.69) is 430 Å². The smallest absolute Gasteiger partial charge is 0.280 e. The van der Waals surface area contributed by atoms with Gasteiger partial charge in [0.15, 0.2) is 0 Å². The summed E-state index contributed by atoms with van der Waals surface area (Å²) in [6.07, 6.45) is 28.0. The van der Waals surface area contributed by atoms with Crippen LogP contribution in [0.15, 0.2) is 422 Å². The summed E-state index contributed by atoms with van der Waals surface area (Å²) in [6, 6.07) is 135. The SMILES string of the molecule is C1=C\CC/C=C\CC/1.C1=C\CC/C=C\CC/1.CC#N.CC#N.O=P1([O-])OP(=O)([O-])OP(=O)([O-])OP(=O)([O-])O1.[Ir].[Ir].c1ccc(P(=N[P+](c2ccccc2)(c2ccccc2)c2ccccc2)(c2ccccc2)c2ccccc2)cc1.c1ccc(P(=N[P+](c2ccccc2)(c2ccccc2)c2ccccc2)(c2ccccc2)c2ccccc2)cc1. The van der Waals surface area contributed by atoms with Gasteiger partial charge >= 0.3 is 0 Å². The monoisotopic (exact) mass is 2080 g/mol. The van der Waals surface area contributed by atoms with E-state index in [9.17, 15) is 37.8 Å². The minimum absolute atomic E-state index is 0. The summed E-state index contributed by atoms with van der Waals surface area (Å²) in [5, 5.41) is 29.7. The Balaban J connectivity index is 0.000000225. The largest absolute Gasteiger partial charge is 0.756 e. The van der Waals surface area contributed by atoms with Gasteiger partial charge in [0, 0.05) is 85.9 Å². The molecule has 2 aliphatic carbocycles. The quantitative estimate of drug-likeness (QED) is 0.0723. The summed E-state index contributed by atoms with van der Waals surface area (Å²) >= 11 is 0. The fraction of sp³-hybridized carbons (Fsp3) is 0.109. The van der Waals surface area contributed by atoms with Crippen LogP contribution >= 0.6 is 60.2 Å². The summed E-state index contributed by atoms with van der Waals surface area (Å²) in [5.41, 5.74) is 0. The number of hydrogen-bond donors (Lipinski definition) is 0. The fourth-order valence-corrected chi connectivity index (χ4v) is 37.3. The van der Waals surface area contributed by atoms with Gasteiger partial charge < -0.3 is 19.6 Å². The molecule has 3 aliphatic rings. The van der Waals surface area contributed by atoms with Gasteiger partial charge in [-0.25, -0.2) is 17.2 Å². The third-order valence-electron chi connectivity index (χ3n) is 17.6. The zero-order valence-electron chi connectivity index (χ0n) is 64.8. The minimum Gasteiger partial charge on any atom is -0.756 e. The molecule has 0 amide bonds. The number of nitriles is 2. The van der Waals surface area contributed by atoms with Crippen LogP contribution in [-0.2, 0) is 75.7 Å². The second kappa shape index (κ2) is 49.5. The molecule has 16 nitrogen and oxygen atoms in total. The second-order valence-electron chi connectivity index (χ2n) is 25.5. The van der Waals surface area contributed by atoms with Gasteiger partial charge in [-0.05, 0) is 124 Å². The van der Waals surface area contributed by atoms with Crippen LogP contribution in [0.25, 0.3) is 0 Å². The molecule has 1 fully saturated rings. The second-order valence-corrected chi connectivity index (χ2v) is 44.4. The van der Waals surface area contributed by atoms with Gasteiger partial charge in [0.05, 0.1) is 12.1 Å². The molecule has 0 atom stereocenters. The molecular formula is C92H90Ir2N4O12P8-2. The van der Waals surface area contributed by atoms with Gasteiger partial charge in [0.1, 0.15) is 45.9 Å². The molecule has 12 aromatic carbocycles. The Hall–Kier alpha value is -8.20. The van der Waals surface area contributed by atoms with E-state index in [1.165, 1.54) is 129 Å². The first-order valence-electron chi connectivity index (χ1n) is 37.4. The third-order valence-corrected chi connectivity index (χ3v) is 40.8. The Morgan fingerprint density at radius 1 is 0.254 bits per heavy atom. The number of hydrogen-bond acceptors (Lipinski definition) is 16. The van der Waals surface area contributed by atoms with E-state index in [1.54, 1.807) is 12.1 Å². The fourth-order valence-electron chi connectivity index (χ4n) is 12.8. The number of phosphoric acid groups is 4. The van der Waals surface area contributed by atoms with Crippen molar-refractivity contribution in [1.29, 1.82) is 10.5 Å². The molecule has 0 aromatic heterocycles. The molecule has 0 saturated carbocycles. The van der Waals surface area contributed by atoms with Crippen LogP contribution in [0.2, 0.25) is 0 Å². The van der Waals surface area contributed by atoms with E-state index in [1.807, 2.05) is 0 Å². The summed E-state index contributed by atoms with van der Waals surface area (Å²) in [4.78, 5) is 42.2. The molecule has 1 saturated heterocycles. The van der Waals surface area contributed by atoms with Gasteiger partial charge in [-0.15, -0.1) is 9.03 Å². The Labute approximate surface area is 722 Å². The zero-order valence-corrected chi connectivity index (χ0v) is 76.8. The molecule has 0 unspecified atom stereocenters. The summed E-state index contributed by atoms with van der Waals surface area (Å²) in [6.45, 7) is 2.86. The molecule has 15 rings (SSSR count). The number of benzene rings is 12. The average molecular weight is 2080 g/mol. The molecule has 1 heterocycles. The van der Waals surface area contributed by atoms with Crippen molar-refractivity contribution in [3.05, 3.63) is 413 Å². The molecule has 0 N–H and O–H groups in total. The minimum atomic E-state index is -5.87. The van der Waals surface area contributed by atoms with Crippen molar-refractivity contribution in [3.8, 4) is 12.1 Å². The van der Waals surface area contributed by atoms with Crippen molar-refractivity contribution in [2.45, 2.75) is 65.2 Å². The Kier molecular flexibility index (Phi) is 40.7. The van der Waals surface area contributed by atoms with E-state index in [0.717, 1.165) is 0 Å². The van der Waals surface area contributed by atoms with Gasteiger partial charge in [-0.1, -0.05) is 340 Å². The van der Waals surface area contributed by atoms with Crippen LogP contribution in [-0.4, -0.2) is 0 Å². The Morgan fingerprint density at radius 2 is 0.364 bits per heavy atom. The van der Waals surface area contributed by atoms with E-state index in [0.29, 0.717) is 0 Å². The van der Waals surface area contributed by atoms with Crippen molar-refractivity contribution < 1.29 is 95.3 Å². The summed E-state index contributed by atoms with van der Waals surface area (Å²) in [5.74, 6) is 0. The predicted molar refractivity (Wildman–Crippen MR) is 476 cm³/mol. The maximum Gasteiger partial charge on any atom is 0.280 e. The van der Waals surface area contributed by atoms with E-state index >= 15 is 0 Å². The van der Waals surface area contributed by atoms with E-state index < -0.39 is 60.2 Å². The molecule has 1 aliphatic heterocycles. The molecule has 2 radical (unpaired) electrons. The van der Waals surface area contributed by atoms with Crippen molar-refractivity contribution in [2.24, 2.45) is 9.03 Å². The number of rotatable bonds is 14. The van der Waals surface area contributed by atoms with Crippen molar-refractivity contribution >= 4 is 124 Å². The van der Waals surface area contributed by atoms with Crippen LogP contribution in [0, 0.1) is 22.7 Å². The average Bonchev–Trinajstić information content (AvgIpc) is 0.724. The van der Waals surface area contributed by atoms with Gasteiger partial charge in [-0.2, -0.15) is 10.5 Å². The first kappa shape index (κ1) is 96.9. The topological polar surface area (TPSA) is 270 Å². The molecule has 12 aromatic rings. The van der Waals surface area contributed by atoms with E-state index in [-0.39, 0.29) is 40.2 Å². The molecule has 610 valence electrons. The normalized spacial score (nSPS) is 19.1. The zero-order chi connectivity index (χ0) is 82.3. The van der Waals surface area contributed by atoms with Crippen LogP contribution in [0.4, 0.5) is 0 Å². The van der Waals surface area contributed by atoms with Gasteiger partial charge in [0.2, 0.25) is 14.8 Å². The third kappa shape index (κ3) is 27.4. The predicted octanol–water partition coefficient (Wildman–Crippen LogP) is 18.5. The maximum atomic E-state index is 10.6. The van der Waals surface area contributed by atoms with Crippen LogP contribution in [0.5, 0.6) is 0 Å².